The smallest absolute Gasteiger partial charge is 0.212 e. The van der Waals surface area contributed by atoms with E-state index in [1.807, 2.05) is 0 Å². The van der Waals surface area contributed by atoms with Crippen LogP contribution in [0.25, 0.3) is 0 Å². The van der Waals surface area contributed by atoms with Gasteiger partial charge in [-0.25, -0.2) is 8.42 Å². The van der Waals surface area contributed by atoms with Gasteiger partial charge in [0.2, 0.25) is 10.0 Å². The Bertz CT molecular complexity index is 534. The van der Waals surface area contributed by atoms with Gasteiger partial charge >= 0.3 is 6.18 Å². The molecule has 0 aliphatic heterocycles. The summed E-state index contributed by atoms with van der Waals surface area (Å²) in [7, 11) is -3.98. The predicted molar refractivity (Wildman–Crippen MR) is 80.1 cm³/mol. The van der Waals surface area contributed by atoms with Crippen molar-refractivity contribution >= 4 is 26.0 Å². The summed E-state index contributed by atoms with van der Waals surface area (Å²) in [6, 6.07) is 8.86. The van der Waals surface area contributed by atoms with Crippen molar-refractivity contribution in [1.82, 2.24) is 4.31 Å². The van der Waals surface area contributed by atoms with Crippen LogP contribution < -0.4 is 0 Å². The first-order chi connectivity index (χ1) is 9.65. The van der Waals surface area contributed by atoms with E-state index in [0.717, 1.165) is 5.56 Å². The van der Waals surface area contributed by atoms with Crippen molar-refractivity contribution in [1.29, 1.82) is 0 Å². The molecule has 1 rings (SSSR count). The molecule has 0 saturated heterocycles. The maximum atomic E-state index is 12.5. The van der Waals surface area contributed by atoms with Crippen molar-refractivity contribution in [3.63, 3.8) is 0 Å². The van der Waals surface area contributed by atoms with Crippen LogP contribution >= 0.6 is 15.9 Å². The molecule has 0 heterocycles. The van der Waals surface area contributed by atoms with Crippen LogP contribution in [0.3, 0.4) is 0 Å². The van der Waals surface area contributed by atoms with E-state index in [1.165, 1.54) is 0 Å². The van der Waals surface area contributed by atoms with Crippen molar-refractivity contribution in [2.24, 2.45) is 0 Å². The quantitative estimate of drug-likeness (QED) is 0.672. The monoisotopic (exact) mass is 387 g/mol. The Morgan fingerprint density at radius 3 is 2.29 bits per heavy atom. The lowest BCUT2D eigenvalue weighted by Gasteiger charge is -2.24. The van der Waals surface area contributed by atoms with Crippen LogP contribution in [0.1, 0.15) is 18.4 Å². The Morgan fingerprint density at radius 1 is 1.24 bits per heavy atom. The second-order valence-electron chi connectivity index (χ2n) is 4.73. The van der Waals surface area contributed by atoms with Gasteiger partial charge in [-0.2, -0.15) is 17.5 Å². The zero-order valence-electron chi connectivity index (χ0n) is 11.5. The van der Waals surface area contributed by atoms with Gasteiger partial charge in [0, 0.05) is 11.9 Å². The fraction of sp³-hybridized carbons (Fsp3) is 0.538. The lowest BCUT2D eigenvalue weighted by Crippen LogP contribution is -2.42. The maximum absolute atomic E-state index is 12.5. The molecule has 0 spiro atoms. The largest absolute Gasteiger partial charge is 0.402 e. The van der Waals surface area contributed by atoms with Crippen LogP contribution in [-0.4, -0.2) is 43.1 Å². The molecule has 1 unspecified atom stereocenters. The molecule has 0 aliphatic carbocycles. The second kappa shape index (κ2) is 7.60. The summed E-state index contributed by atoms with van der Waals surface area (Å²) in [5, 5.41) is 0.155. The van der Waals surface area contributed by atoms with Crippen LogP contribution in [0.15, 0.2) is 30.3 Å². The van der Waals surface area contributed by atoms with Crippen molar-refractivity contribution in [2.45, 2.75) is 19.0 Å². The highest BCUT2D eigenvalue weighted by Gasteiger charge is 2.36. The Balaban J connectivity index is 2.86. The van der Waals surface area contributed by atoms with Gasteiger partial charge in [0.25, 0.3) is 0 Å². The van der Waals surface area contributed by atoms with Crippen molar-refractivity contribution in [3.05, 3.63) is 35.9 Å². The minimum Gasteiger partial charge on any atom is -0.212 e. The van der Waals surface area contributed by atoms with Crippen LogP contribution in [0, 0.1) is 0 Å². The van der Waals surface area contributed by atoms with E-state index in [2.05, 4.69) is 15.9 Å². The number of alkyl halides is 4. The summed E-state index contributed by atoms with van der Waals surface area (Å²) in [5.41, 5.74) is 0.784. The molecule has 3 nitrogen and oxygen atoms in total. The van der Waals surface area contributed by atoms with Gasteiger partial charge in [-0.05, 0) is 11.5 Å². The Kier molecular flexibility index (Phi) is 6.68. The highest BCUT2D eigenvalue weighted by atomic mass is 79.9. The molecule has 120 valence electrons. The van der Waals surface area contributed by atoms with E-state index >= 15 is 0 Å². The summed E-state index contributed by atoms with van der Waals surface area (Å²) < 4.78 is 62.4. The number of rotatable bonds is 7. The highest BCUT2D eigenvalue weighted by molar-refractivity contribution is 9.09. The fourth-order valence-corrected chi connectivity index (χ4v) is 4.32. The lowest BCUT2D eigenvalue weighted by atomic mass is 10.0. The first-order valence-electron chi connectivity index (χ1n) is 6.31. The van der Waals surface area contributed by atoms with Gasteiger partial charge in [-0.15, -0.1) is 0 Å². The zero-order chi connectivity index (χ0) is 16.1. The van der Waals surface area contributed by atoms with Gasteiger partial charge in [0.1, 0.15) is 6.54 Å². The molecule has 0 radical (unpaired) electrons. The number of nitrogens with zero attached hydrogens (tertiary/aromatic N) is 1. The summed E-state index contributed by atoms with van der Waals surface area (Å²) in [6.07, 6.45) is -4.55. The van der Waals surface area contributed by atoms with E-state index in [1.54, 1.807) is 37.3 Å². The Labute approximate surface area is 131 Å². The summed E-state index contributed by atoms with van der Waals surface area (Å²) in [6.45, 7) is 0.0264. The van der Waals surface area contributed by atoms with Gasteiger partial charge in [-0.1, -0.05) is 53.2 Å². The topological polar surface area (TPSA) is 37.4 Å². The molecule has 0 saturated carbocycles. The Hall–Kier alpha value is -0.600. The molecule has 1 aromatic carbocycles. The van der Waals surface area contributed by atoms with Crippen LogP contribution in [0.4, 0.5) is 13.2 Å². The molecule has 0 aromatic heterocycles. The molecular weight excluding hydrogens is 371 g/mol. The standard InChI is InChI=1S/C13H17BrF3NO2S/c1-11(12-5-3-2-4-6-12)9-21(19,20)18(8-7-14)10-13(15,16)17/h2-6,11H,7-10H2,1H3. The molecule has 0 bridgehead atoms. The molecule has 21 heavy (non-hydrogen) atoms. The van der Waals surface area contributed by atoms with Gasteiger partial charge in [0.05, 0.1) is 5.75 Å². The van der Waals surface area contributed by atoms with Crippen molar-refractivity contribution < 1.29 is 21.6 Å². The first-order valence-corrected chi connectivity index (χ1v) is 9.04. The minimum absolute atomic E-state index is 0.155. The van der Waals surface area contributed by atoms with E-state index in [9.17, 15) is 21.6 Å². The average Bonchev–Trinajstić information content (AvgIpc) is 2.37. The lowest BCUT2D eigenvalue weighted by molar-refractivity contribution is -0.135. The molecule has 8 heteroatoms. The third kappa shape index (κ3) is 6.36. The number of hydrogen-bond acceptors (Lipinski definition) is 2. The maximum Gasteiger partial charge on any atom is 0.402 e. The molecule has 0 fully saturated rings. The number of benzene rings is 1. The summed E-state index contributed by atoms with van der Waals surface area (Å²) >= 11 is 2.99. The minimum atomic E-state index is -4.55. The number of halogens is 4. The zero-order valence-corrected chi connectivity index (χ0v) is 13.9. The van der Waals surface area contributed by atoms with Crippen LogP contribution in [0.2, 0.25) is 0 Å². The van der Waals surface area contributed by atoms with Crippen LogP contribution in [0.5, 0.6) is 0 Å². The normalized spacial score (nSPS) is 14.4. The van der Waals surface area contributed by atoms with E-state index in [0.29, 0.717) is 4.31 Å². The Morgan fingerprint density at radius 2 is 1.81 bits per heavy atom. The summed E-state index contributed by atoms with van der Waals surface area (Å²) in [5.74, 6) is -0.720. The van der Waals surface area contributed by atoms with Crippen molar-refractivity contribution in [2.75, 3.05) is 24.2 Å². The average molecular weight is 388 g/mol. The van der Waals surface area contributed by atoms with E-state index in [4.69, 9.17) is 0 Å². The molecule has 0 N–H and O–H groups in total. The van der Waals surface area contributed by atoms with Gasteiger partial charge < -0.3 is 0 Å². The molecule has 0 aliphatic rings. The van der Waals surface area contributed by atoms with Gasteiger partial charge in [-0.3, -0.25) is 0 Å². The second-order valence-corrected chi connectivity index (χ2v) is 7.53. The first kappa shape index (κ1) is 18.4. The third-order valence-electron chi connectivity index (χ3n) is 2.91. The number of hydrogen-bond donors (Lipinski definition) is 0. The molecule has 0 amide bonds. The molecule has 1 atom stereocenters. The third-order valence-corrected chi connectivity index (χ3v) is 5.29. The summed E-state index contributed by atoms with van der Waals surface area (Å²) in [4.78, 5) is 0. The molecule has 1 aromatic rings. The van der Waals surface area contributed by atoms with E-state index in [-0.39, 0.29) is 23.5 Å². The van der Waals surface area contributed by atoms with Crippen LogP contribution in [-0.2, 0) is 10.0 Å². The van der Waals surface area contributed by atoms with Crippen molar-refractivity contribution in [3.8, 4) is 0 Å². The predicted octanol–water partition coefficient (Wildman–Crippen LogP) is 3.38. The SMILES string of the molecule is CC(CS(=O)(=O)N(CCBr)CC(F)(F)F)c1ccccc1. The van der Waals surface area contributed by atoms with E-state index < -0.39 is 22.7 Å². The molecular formula is C13H17BrF3NO2S. The number of sulfonamides is 1. The fourth-order valence-electron chi connectivity index (χ4n) is 1.91. The van der Waals surface area contributed by atoms with Gasteiger partial charge in [0.15, 0.2) is 0 Å². The highest BCUT2D eigenvalue weighted by Crippen LogP contribution is 2.22.